The topological polar surface area (TPSA) is 32.3 Å². The molecule has 18 heavy (non-hydrogen) atoms. The van der Waals surface area contributed by atoms with Gasteiger partial charge < -0.3 is 10.4 Å². The zero-order chi connectivity index (χ0) is 13.2. The fraction of sp³-hybridized carbons (Fsp3) is 1.00. The van der Waals surface area contributed by atoms with Crippen LogP contribution in [-0.4, -0.2) is 23.3 Å². The zero-order valence-corrected chi connectivity index (χ0v) is 12.5. The van der Waals surface area contributed by atoms with Gasteiger partial charge in [-0.3, -0.25) is 0 Å². The second-order valence-corrected chi connectivity index (χ2v) is 7.73. The molecule has 2 heteroatoms. The average Bonchev–Trinajstić information content (AvgIpc) is 2.33. The van der Waals surface area contributed by atoms with Gasteiger partial charge in [0.1, 0.15) is 0 Å². The van der Waals surface area contributed by atoms with Crippen LogP contribution in [-0.2, 0) is 0 Å². The van der Waals surface area contributed by atoms with Gasteiger partial charge in [-0.25, -0.2) is 0 Å². The van der Waals surface area contributed by atoms with E-state index in [-0.39, 0.29) is 0 Å². The average molecular weight is 253 g/mol. The third-order valence-corrected chi connectivity index (χ3v) is 5.27. The highest BCUT2D eigenvalue weighted by Crippen LogP contribution is 2.40. The summed E-state index contributed by atoms with van der Waals surface area (Å²) in [5.74, 6) is 0.904. The summed E-state index contributed by atoms with van der Waals surface area (Å²) in [5.41, 5.74) is 0.00504. The van der Waals surface area contributed by atoms with E-state index in [1.54, 1.807) is 0 Å². The molecule has 2 aliphatic rings. The van der Waals surface area contributed by atoms with Crippen molar-refractivity contribution in [3.05, 3.63) is 0 Å². The second kappa shape index (κ2) is 5.50. The summed E-state index contributed by atoms with van der Waals surface area (Å²) in [5, 5.41) is 14.3. The lowest BCUT2D eigenvalue weighted by Gasteiger charge is -2.41. The molecule has 106 valence electrons. The minimum Gasteiger partial charge on any atom is -0.389 e. The summed E-state index contributed by atoms with van der Waals surface area (Å²) in [6, 6.07) is 0.653. The molecular formula is C16H31NO. The van der Waals surface area contributed by atoms with Crippen LogP contribution >= 0.6 is 0 Å². The Morgan fingerprint density at radius 2 is 1.56 bits per heavy atom. The molecule has 2 N–H and O–H groups in total. The van der Waals surface area contributed by atoms with Crippen LogP contribution in [0.3, 0.4) is 0 Å². The Morgan fingerprint density at radius 1 is 1.00 bits per heavy atom. The molecule has 2 aliphatic carbocycles. The van der Waals surface area contributed by atoms with E-state index in [1.807, 2.05) is 0 Å². The van der Waals surface area contributed by atoms with E-state index >= 15 is 0 Å². The molecule has 0 spiro atoms. The van der Waals surface area contributed by atoms with Crippen molar-refractivity contribution in [2.75, 3.05) is 6.54 Å². The Kier molecular flexibility index (Phi) is 4.38. The van der Waals surface area contributed by atoms with E-state index in [0.717, 1.165) is 38.1 Å². The maximum atomic E-state index is 10.6. The molecular weight excluding hydrogens is 222 g/mol. The molecule has 0 atom stereocenters. The Morgan fingerprint density at radius 3 is 2.11 bits per heavy atom. The van der Waals surface area contributed by atoms with Crippen LogP contribution in [0.25, 0.3) is 0 Å². The summed E-state index contributed by atoms with van der Waals surface area (Å²) in [6.45, 7) is 7.81. The molecule has 0 bridgehead atoms. The molecule has 0 aromatic rings. The Labute approximate surface area is 113 Å². The largest absolute Gasteiger partial charge is 0.389 e. The van der Waals surface area contributed by atoms with Crippen LogP contribution in [0.1, 0.15) is 72.1 Å². The molecule has 2 rings (SSSR count). The zero-order valence-electron chi connectivity index (χ0n) is 12.5. The van der Waals surface area contributed by atoms with Crippen LogP contribution < -0.4 is 5.32 Å². The molecule has 0 aromatic heterocycles. The van der Waals surface area contributed by atoms with Crippen molar-refractivity contribution >= 4 is 0 Å². The van der Waals surface area contributed by atoms with Gasteiger partial charge in [0.05, 0.1) is 5.60 Å². The van der Waals surface area contributed by atoms with Crippen molar-refractivity contribution in [3.63, 3.8) is 0 Å². The molecule has 0 aliphatic heterocycles. The highest BCUT2D eigenvalue weighted by molar-refractivity contribution is 4.91. The van der Waals surface area contributed by atoms with Gasteiger partial charge in [-0.2, -0.15) is 0 Å². The lowest BCUT2D eigenvalue weighted by atomic mass is 9.71. The number of rotatable bonds is 3. The lowest BCUT2D eigenvalue weighted by Crippen LogP contribution is -2.48. The third-order valence-electron chi connectivity index (χ3n) is 5.27. The van der Waals surface area contributed by atoms with Crippen molar-refractivity contribution in [2.24, 2.45) is 11.3 Å². The fourth-order valence-corrected chi connectivity index (χ4v) is 3.37. The number of hydrogen-bond donors (Lipinski definition) is 2. The smallest absolute Gasteiger partial charge is 0.0772 e. The summed E-state index contributed by atoms with van der Waals surface area (Å²) in [6.07, 6.45) is 9.55. The van der Waals surface area contributed by atoms with Gasteiger partial charge in [-0.15, -0.1) is 0 Å². The SMILES string of the molecule is CC1CCC(NCC2(O)CCC(C)(C)CC2)CC1. The summed E-state index contributed by atoms with van der Waals surface area (Å²) in [4.78, 5) is 0. The van der Waals surface area contributed by atoms with Crippen molar-refractivity contribution in [1.29, 1.82) is 0 Å². The van der Waals surface area contributed by atoms with Gasteiger partial charge in [-0.1, -0.05) is 20.8 Å². The standard InChI is InChI=1S/C16H31NO/c1-13-4-6-14(7-5-13)17-12-16(18)10-8-15(2,3)9-11-16/h13-14,17-18H,4-12H2,1-3H3. The highest BCUT2D eigenvalue weighted by Gasteiger charge is 2.36. The molecule has 0 radical (unpaired) electrons. The number of nitrogens with one attached hydrogen (secondary N) is 1. The monoisotopic (exact) mass is 253 g/mol. The van der Waals surface area contributed by atoms with Gasteiger partial charge in [0.15, 0.2) is 0 Å². The van der Waals surface area contributed by atoms with E-state index in [1.165, 1.54) is 25.7 Å². The first-order chi connectivity index (χ1) is 8.39. The minimum atomic E-state index is -0.432. The summed E-state index contributed by atoms with van der Waals surface area (Å²) in [7, 11) is 0. The minimum absolute atomic E-state index is 0.432. The molecule has 2 nitrogen and oxygen atoms in total. The van der Waals surface area contributed by atoms with E-state index in [2.05, 4.69) is 26.1 Å². The normalized spacial score (nSPS) is 35.3. The molecule has 0 unspecified atom stereocenters. The first-order valence-electron chi connectivity index (χ1n) is 7.84. The van der Waals surface area contributed by atoms with Gasteiger partial charge in [0.2, 0.25) is 0 Å². The van der Waals surface area contributed by atoms with Gasteiger partial charge in [-0.05, 0) is 62.7 Å². The summed E-state index contributed by atoms with van der Waals surface area (Å²) >= 11 is 0. The Bertz CT molecular complexity index is 256. The second-order valence-electron chi connectivity index (χ2n) is 7.73. The van der Waals surface area contributed by atoms with E-state index in [0.29, 0.717) is 11.5 Å². The summed E-state index contributed by atoms with van der Waals surface area (Å²) < 4.78 is 0. The molecule has 2 fully saturated rings. The molecule has 0 heterocycles. The van der Waals surface area contributed by atoms with Crippen LogP contribution in [0, 0.1) is 11.3 Å². The van der Waals surface area contributed by atoms with Crippen molar-refractivity contribution < 1.29 is 5.11 Å². The van der Waals surface area contributed by atoms with Gasteiger partial charge >= 0.3 is 0 Å². The van der Waals surface area contributed by atoms with Crippen LogP contribution in [0.5, 0.6) is 0 Å². The maximum Gasteiger partial charge on any atom is 0.0772 e. The Hall–Kier alpha value is -0.0800. The number of hydrogen-bond acceptors (Lipinski definition) is 2. The van der Waals surface area contributed by atoms with Gasteiger partial charge in [0, 0.05) is 12.6 Å². The first kappa shape index (κ1) is 14.3. The fourth-order valence-electron chi connectivity index (χ4n) is 3.37. The molecule has 0 saturated heterocycles. The van der Waals surface area contributed by atoms with Gasteiger partial charge in [0.25, 0.3) is 0 Å². The molecule has 0 amide bonds. The Balaban J connectivity index is 1.73. The molecule has 0 aromatic carbocycles. The van der Waals surface area contributed by atoms with Crippen molar-refractivity contribution in [2.45, 2.75) is 83.8 Å². The number of aliphatic hydroxyl groups is 1. The van der Waals surface area contributed by atoms with E-state index in [4.69, 9.17) is 0 Å². The molecule has 2 saturated carbocycles. The predicted molar refractivity (Wildman–Crippen MR) is 76.6 cm³/mol. The van der Waals surface area contributed by atoms with Crippen molar-refractivity contribution in [1.82, 2.24) is 5.32 Å². The van der Waals surface area contributed by atoms with Crippen LogP contribution in [0.15, 0.2) is 0 Å². The van der Waals surface area contributed by atoms with Crippen LogP contribution in [0.4, 0.5) is 0 Å². The van der Waals surface area contributed by atoms with Crippen LogP contribution in [0.2, 0.25) is 0 Å². The van der Waals surface area contributed by atoms with E-state index < -0.39 is 5.60 Å². The third kappa shape index (κ3) is 3.96. The first-order valence-corrected chi connectivity index (χ1v) is 7.84. The quantitative estimate of drug-likeness (QED) is 0.807. The predicted octanol–water partition coefficient (Wildman–Crippen LogP) is 3.49. The van der Waals surface area contributed by atoms with Crippen molar-refractivity contribution in [3.8, 4) is 0 Å². The van der Waals surface area contributed by atoms with E-state index in [9.17, 15) is 5.11 Å². The lowest BCUT2D eigenvalue weighted by molar-refractivity contribution is -0.0269. The maximum absolute atomic E-state index is 10.6. The highest BCUT2D eigenvalue weighted by atomic mass is 16.3.